The number of aromatic carboxylic acids is 1. The summed E-state index contributed by atoms with van der Waals surface area (Å²) in [6.07, 6.45) is -3.02. The van der Waals surface area contributed by atoms with E-state index in [2.05, 4.69) is 4.98 Å². The summed E-state index contributed by atoms with van der Waals surface area (Å²) in [5.74, 6) is -2.61. The van der Waals surface area contributed by atoms with Gasteiger partial charge in [0, 0.05) is 10.6 Å². The molecular weight excluding hydrogens is 280 g/mol. The fourth-order valence-electron chi connectivity index (χ4n) is 1.53. The molecule has 0 atom stereocenters. The Balaban J connectivity index is 2.54. The van der Waals surface area contributed by atoms with E-state index in [1.165, 1.54) is 6.07 Å². The minimum Gasteiger partial charge on any atom is -0.475 e. The summed E-state index contributed by atoms with van der Waals surface area (Å²) < 4.78 is 30.2. The van der Waals surface area contributed by atoms with Gasteiger partial charge >= 0.3 is 5.97 Å². The summed E-state index contributed by atoms with van der Waals surface area (Å²) in [6, 6.07) is 4.65. The van der Waals surface area contributed by atoms with E-state index in [0.29, 0.717) is 16.1 Å². The number of carbonyl (C=O) groups is 1. The lowest BCUT2D eigenvalue weighted by Crippen LogP contribution is -1.99. The Hall–Kier alpha value is -1.95. The second-order valence-electron chi connectivity index (χ2n) is 3.80. The SMILES string of the molecule is Cc1cc(-c2nc(C(F)F)c(C(=O)O)o2)ccc1Cl. The highest BCUT2D eigenvalue weighted by Crippen LogP contribution is 2.30. The number of aromatic nitrogens is 1. The number of halogens is 3. The average Bonchev–Trinajstić information content (AvgIpc) is 2.78. The molecule has 100 valence electrons. The van der Waals surface area contributed by atoms with Gasteiger partial charge in [-0.05, 0) is 30.7 Å². The van der Waals surface area contributed by atoms with E-state index in [-0.39, 0.29) is 5.89 Å². The van der Waals surface area contributed by atoms with Crippen molar-refractivity contribution in [3.63, 3.8) is 0 Å². The van der Waals surface area contributed by atoms with Crippen LogP contribution in [0.3, 0.4) is 0 Å². The molecule has 1 heterocycles. The molecular formula is C12H8ClF2NO3. The van der Waals surface area contributed by atoms with E-state index >= 15 is 0 Å². The van der Waals surface area contributed by atoms with Crippen LogP contribution in [0.15, 0.2) is 22.6 Å². The molecule has 0 saturated carbocycles. The van der Waals surface area contributed by atoms with Gasteiger partial charge in [-0.15, -0.1) is 0 Å². The Morgan fingerprint density at radius 3 is 2.63 bits per heavy atom. The highest BCUT2D eigenvalue weighted by atomic mass is 35.5. The maximum absolute atomic E-state index is 12.7. The number of aryl methyl sites for hydroxylation is 1. The molecule has 0 radical (unpaired) electrons. The van der Waals surface area contributed by atoms with E-state index in [9.17, 15) is 13.6 Å². The van der Waals surface area contributed by atoms with Crippen molar-refractivity contribution in [2.24, 2.45) is 0 Å². The van der Waals surface area contributed by atoms with Gasteiger partial charge in [-0.25, -0.2) is 18.6 Å². The van der Waals surface area contributed by atoms with Gasteiger partial charge in [0.2, 0.25) is 11.7 Å². The molecule has 0 saturated heterocycles. The summed E-state index contributed by atoms with van der Waals surface area (Å²) in [5, 5.41) is 9.29. The van der Waals surface area contributed by atoms with Crippen LogP contribution in [-0.4, -0.2) is 16.1 Å². The molecule has 2 aromatic rings. The maximum Gasteiger partial charge on any atom is 0.374 e. The summed E-state index contributed by atoms with van der Waals surface area (Å²) in [5.41, 5.74) is 0.208. The summed E-state index contributed by atoms with van der Waals surface area (Å²) in [7, 11) is 0. The van der Waals surface area contributed by atoms with Crippen LogP contribution in [0, 0.1) is 6.92 Å². The molecule has 0 aliphatic rings. The van der Waals surface area contributed by atoms with Crippen LogP contribution in [0.25, 0.3) is 11.5 Å². The number of hydrogen-bond donors (Lipinski definition) is 1. The summed E-state index contributed by atoms with van der Waals surface area (Å²) >= 11 is 5.84. The van der Waals surface area contributed by atoms with Crippen LogP contribution >= 0.6 is 11.6 Å². The van der Waals surface area contributed by atoms with E-state index in [1.807, 2.05) is 0 Å². The van der Waals surface area contributed by atoms with Crippen LogP contribution in [0.1, 0.15) is 28.2 Å². The van der Waals surface area contributed by atoms with Crippen LogP contribution in [0.4, 0.5) is 8.78 Å². The van der Waals surface area contributed by atoms with Crippen molar-refractivity contribution >= 4 is 17.6 Å². The second-order valence-corrected chi connectivity index (χ2v) is 4.21. The van der Waals surface area contributed by atoms with Gasteiger partial charge in [0.1, 0.15) is 0 Å². The van der Waals surface area contributed by atoms with Crippen molar-refractivity contribution in [1.82, 2.24) is 4.98 Å². The average molecular weight is 288 g/mol. The van der Waals surface area contributed by atoms with Crippen molar-refractivity contribution in [1.29, 1.82) is 0 Å². The normalized spacial score (nSPS) is 11.0. The lowest BCUT2D eigenvalue weighted by atomic mass is 10.1. The number of hydrogen-bond acceptors (Lipinski definition) is 3. The highest BCUT2D eigenvalue weighted by Gasteiger charge is 2.26. The molecule has 0 bridgehead atoms. The Bertz CT molecular complexity index is 640. The maximum atomic E-state index is 12.7. The zero-order valence-electron chi connectivity index (χ0n) is 9.65. The van der Waals surface area contributed by atoms with Gasteiger partial charge in [0.15, 0.2) is 5.69 Å². The minimum atomic E-state index is -3.02. The van der Waals surface area contributed by atoms with Crippen LogP contribution in [0.2, 0.25) is 5.02 Å². The number of rotatable bonds is 3. The number of carboxylic acid groups (broad SMARTS) is 1. The predicted octanol–water partition coefficient (Wildman–Crippen LogP) is 3.94. The number of oxazole rings is 1. The summed E-state index contributed by atoms with van der Waals surface area (Å²) in [6.45, 7) is 1.72. The first-order chi connectivity index (χ1) is 8.90. The van der Waals surface area contributed by atoms with Crippen LogP contribution < -0.4 is 0 Å². The zero-order valence-corrected chi connectivity index (χ0v) is 10.4. The fourth-order valence-corrected chi connectivity index (χ4v) is 1.65. The molecule has 2 rings (SSSR count). The molecule has 4 nitrogen and oxygen atoms in total. The van der Waals surface area contributed by atoms with Crippen molar-refractivity contribution in [3.8, 4) is 11.5 Å². The Kier molecular flexibility index (Phi) is 3.53. The quantitative estimate of drug-likeness (QED) is 0.928. The smallest absolute Gasteiger partial charge is 0.374 e. The topological polar surface area (TPSA) is 63.3 Å². The van der Waals surface area contributed by atoms with Gasteiger partial charge in [-0.3, -0.25) is 0 Å². The Morgan fingerprint density at radius 2 is 2.16 bits per heavy atom. The van der Waals surface area contributed by atoms with Crippen molar-refractivity contribution in [2.75, 3.05) is 0 Å². The molecule has 0 aliphatic carbocycles. The first kappa shape index (κ1) is 13.5. The van der Waals surface area contributed by atoms with Gasteiger partial charge in [0.25, 0.3) is 6.43 Å². The first-order valence-corrected chi connectivity index (χ1v) is 5.56. The molecule has 0 amide bonds. The molecule has 1 aromatic carbocycles. The molecule has 19 heavy (non-hydrogen) atoms. The van der Waals surface area contributed by atoms with Gasteiger partial charge in [-0.1, -0.05) is 11.6 Å². The minimum absolute atomic E-state index is 0.174. The molecule has 1 N–H and O–H groups in total. The standard InChI is InChI=1S/C12H8ClF2NO3/c1-5-4-6(2-3-7(5)13)11-16-8(10(14)15)9(19-11)12(17)18/h2-4,10H,1H3,(H,17,18). The zero-order chi connectivity index (χ0) is 14.2. The number of alkyl halides is 2. The number of nitrogens with zero attached hydrogens (tertiary/aromatic N) is 1. The van der Waals surface area contributed by atoms with E-state index in [4.69, 9.17) is 21.1 Å². The Labute approximate surface area is 111 Å². The van der Waals surface area contributed by atoms with Gasteiger partial charge < -0.3 is 9.52 Å². The molecule has 0 spiro atoms. The van der Waals surface area contributed by atoms with Crippen molar-refractivity contribution < 1.29 is 23.1 Å². The third-order valence-corrected chi connectivity index (χ3v) is 2.88. The molecule has 0 fully saturated rings. The lowest BCUT2D eigenvalue weighted by Gasteiger charge is -1.99. The second kappa shape index (κ2) is 4.97. The summed E-state index contributed by atoms with van der Waals surface area (Å²) in [4.78, 5) is 14.3. The largest absolute Gasteiger partial charge is 0.475 e. The third kappa shape index (κ3) is 2.58. The lowest BCUT2D eigenvalue weighted by molar-refractivity contribution is 0.0647. The highest BCUT2D eigenvalue weighted by molar-refractivity contribution is 6.31. The first-order valence-electron chi connectivity index (χ1n) is 5.19. The van der Waals surface area contributed by atoms with Crippen molar-refractivity contribution in [3.05, 3.63) is 40.2 Å². The van der Waals surface area contributed by atoms with E-state index in [0.717, 1.165) is 0 Å². The Morgan fingerprint density at radius 1 is 1.47 bits per heavy atom. The molecule has 1 aromatic heterocycles. The molecule has 0 unspecified atom stereocenters. The predicted molar refractivity (Wildman–Crippen MR) is 63.6 cm³/mol. The molecule has 7 heteroatoms. The van der Waals surface area contributed by atoms with Gasteiger partial charge in [-0.2, -0.15) is 0 Å². The van der Waals surface area contributed by atoms with Gasteiger partial charge in [0.05, 0.1) is 0 Å². The van der Waals surface area contributed by atoms with Crippen LogP contribution in [0.5, 0.6) is 0 Å². The number of benzene rings is 1. The van der Waals surface area contributed by atoms with Crippen molar-refractivity contribution in [2.45, 2.75) is 13.3 Å². The third-order valence-electron chi connectivity index (χ3n) is 2.46. The molecule has 0 aliphatic heterocycles. The van der Waals surface area contributed by atoms with E-state index in [1.54, 1.807) is 19.1 Å². The monoisotopic (exact) mass is 287 g/mol. The van der Waals surface area contributed by atoms with Crippen LogP contribution in [-0.2, 0) is 0 Å². The number of carboxylic acids is 1. The fraction of sp³-hybridized carbons (Fsp3) is 0.167. The van der Waals surface area contributed by atoms with E-state index < -0.39 is 23.8 Å².